The third kappa shape index (κ3) is 2.81. The van der Waals surface area contributed by atoms with Gasteiger partial charge in [-0.1, -0.05) is 48.5 Å². The van der Waals surface area contributed by atoms with Crippen molar-refractivity contribution in [2.24, 2.45) is 62.6 Å². The molecule has 3 heteroatoms. The van der Waals surface area contributed by atoms with Gasteiger partial charge in [-0.15, -0.1) is 0 Å². The molecular formula is C30H50O3. The van der Waals surface area contributed by atoms with Crippen LogP contribution in [0.15, 0.2) is 0 Å². The van der Waals surface area contributed by atoms with Gasteiger partial charge in [-0.3, -0.25) is 4.79 Å². The third-order valence-electron chi connectivity index (χ3n) is 13.7. The lowest BCUT2D eigenvalue weighted by molar-refractivity contribution is -0.249. The number of hydrogen-bond acceptors (Lipinski definition) is 2. The molecule has 33 heavy (non-hydrogen) atoms. The minimum atomic E-state index is -0.497. The molecule has 5 aliphatic rings. The topological polar surface area (TPSA) is 57.5 Å². The van der Waals surface area contributed by atoms with Gasteiger partial charge >= 0.3 is 5.97 Å². The van der Waals surface area contributed by atoms with E-state index in [4.69, 9.17) is 0 Å². The fraction of sp³-hybridized carbons (Fsp3) is 0.967. The standard InChI is InChI=1S/C30H50O3/c1-18(2)19-10-15-30(25(32)33)17-16-28(6)20(24(19)30)8-9-22-27(5)13-12-23(31)26(3,4)21(27)11-14-29(22,28)7/h18-24,31H,8-17H2,1-7H3,(H,32,33)/t19-,20+,21-,22+,23?,24+,27-,28+,29+,30-/m0/s1. The smallest absolute Gasteiger partial charge is 0.309 e. The van der Waals surface area contributed by atoms with Crippen LogP contribution in [-0.4, -0.2) is 22.3 Å². The Kier molecular flexibility index (Phi) is 5.29. The summed E-state index contributed by atoms with van der Waals surface area (Å²) in [6, 6.07) is 0. The average molecular weight is 459 g/mol. The van der Waals surface area contributed by atoms with Gasteiger partial charge in [-0.05, 0) is 121 Å². The van der Waals surface area contributed by atoms with Gasteiger partial charge in [0.1, 0.15) is 0 Å². The molecule has 188 valence electrons. The summed E-state index contributed by atoms with van der Waals surface area (Å²) < 4.78 is 0. The first kappa shape index (κ1) is 24.1. The molecule has 5 rings (SSSR count). The Labute approximate surface area is 202 Å². The van der Waals surface area contributed by atoms with Crippen LogP contribution >= 0.6 is 0 Å². The number of carboxylic acids is 1. The Hall–Kier alpha value is -0.570. The van der Waals surface area contributed by atoms with E-state index in [9.17, 15) is 15.0 Å². The van der Waals surface area contributed by atoms with Crippen molar-refractivity contribution in [2.45, 2.75) is 119 Å². The molecule has 10 atom stereocenters. The Bertz CT molecular complexity index is 817. The van der Waals surface area contributed by atoms with Crippen LogP contribution in [0.4, 0.5) is 0 Å². The maximum atomic E-state index is 12.8. The highest BCUT2D eigenvalue weighted by atomic mass is 16.4. The average Bonchev–Trinajstić information content (AvgIpc) is 3.13. The molecule has 5 aliphatic carbocycles. The van der Waals surface area contributed by atoms with E-state index in [2.05, 4.69) is 48.5 Å². The van der Waals surface area contributed by atoms with Crippen molar-refractivity contribution in [3.63, 3.8) is 0 Å². The van der Waals surface area contributed by atoms with E-state index in [-0.39, 0.29) is 27.8 Å². The van der Waals surface area contributed by atoms with Crippen molar-refractivity contribution in [1.29, 1.82) is 0 Å². The normalized spacial score (nSPS) is 55.3. The number of carbonyl (C=O) groups is 1. The Morgan fingerprint density at radius 1 is 0.788 bits per heavy atom. The molecule has 5 fully saturated rings. The first-order chi connectivity index (χ1) is 15.3. The highest BCUT2D eigenvalue weighted by Crippen LogP contribution is 2.77. The maximum absolute atomic E-state index is 12.8. The number of rotatable bonds is 2. The molecule has 0 radical (unpaired) electrons. The van der Waals surface area contributed by atoms with Crippen LogP contribution in [0.25, 0.3) is 0 Å². The van der Waals surface area contributed by atoms with Crippen molar-refractivity contribution in [3.8, 4) is 0 Å². The second-order valence-electron chi connectivity index (χ2n) is 15.0. The lowest BCUT2D eigenvalue weighted by Gasteiger charge is -2.72. The zero-order valence-corrected chi connectivity index (χ0v) is 22.4. The predicted molar refractivity (Wildman–Crippen MR) is 133 cm³/mol. The predicted octanol–water partition coefficient (Wildman–Crippen LogP) is 7.17. The summed E-state index contributed by atoms with van der Waals surface area (Å²) in [4.78, 5) is 12.8. The second kappa shape index (κ2) is 7.23. The Morgan fingerprint density at radius 2 is 1.48 bits per heavy atom. The summed E-state index contributed by atoms with van der Waals surface area (Å²) in [5.41, 5.74) is 0.309. The van der Waals surface area contributed by atoms with E-state index in [0.29, 0.717) is 35.5 Å². The highest BCUT2D eigenvalue weighted by Gasteiger charge is 2.72. The van der Waals surface area contributed by atoms with Crippen molar-refractivity contribution in [2.75, 3.05) is 0 Å². The summed E-state index contributed by atoms with van der Waals surface area (Å²) in [6.45, 7) is 17.1. The molecule has 0 heterocycles. The lowest BCUT2D eigenvalue weighted by atomic mass is 9.32. The third-order valence-corrected chi connectivity index (χ3v) is 13.7. The highest BCUT2D eigenvalue weighted by molar-refractivity contribution is 5.76. The van der Waals surface area contributed by atoms with Crippen LogP contribution in [0, 0.1) is 62.6 Å². The number of aliphatic carboxylic acids is 1. The summed E-state index contributed by atoms with van der Waals surface area (Å²) in [6.07, 6.45) is 10.8. The van der Waals surface area contributed by atoms with Crippen LogP contribution in [-0.2, 0) is 4.79 Å². The van der Waals surface area contributed by atoms with E-state index in [0.717, 1.165) is 38.5 Å². The van der Waals surface area contributed by atoms with Crippen LogP contribution < -0.4 is 0 Å². The molecule has 2 N–H and O–H groups in total. The molecule has 0 bridgehead atoms. The van der Waals surface area contributed by atoms with Gasteiger partial charge in [0, 0.05) is 0 Å². The van der Waals surface area contributed by atoms with Crippen LogP contribution in [0.2, 0.25) is 0 Å². The van der Waals surface area contributed by atoms with Crippen molar-refractivity contribution >= 4 is 5.97 Å². The van der Waals surface area contributed by atoms with Crippen molar-refractivity contribution in [1.82, 2.24) is 0 Å². The molecule has 0 aromatic carbocycles. The largest absolute Gasteiger partial charge is 0.481 e. The van der Waals surface area contributed by atoms with Gasteiger partial charge in [-0.2, -0.15) is 0 Å². The number of carboxylic acid groups (broad SMARTS) is 1. The fourth-order valence-corrected chi connectivity index (χ4v) is 11.8. The first-order valence-electron chi connectivity index (χ1n) is 14.2. The van der Waals surface area contributed by atoms with Crippen molar-refractivity contribution < 1.29 is 15.0 Å². The lowest BCUT2D eigenvalue weighted by Crippen LogP contribution is -2.67. The SMILES string of the molecule is CC(C)[C@@H]1CC[C@]2(C(=O)O)CC[C@]3(C)[C@H](CC[C@@H]4[C@@]5(C)CCC(O)C(C)(C)[C@@H]5CC[C@]43C)[C@@H]12. The number of fused-ring (bicyclic) bond motifs is 7. The molecule has 0 aliphatic heterocycles. The molecule has 0 aromatic rings. The van der Waals surface area contributed by atoms with Gasteiger partial charge < -0.3 is 10.2 Å². The van der Waals surface area contributed by atoms with Gasteiger partial charge in [-0.25, -0.2) is 0 Å². The van der Waals surface area contributed by atoms with Crippen LogP contribution in [0.3, 0.4) is 0 Å². The summed E-state index contributed by atoms with van der Waals surface area (Å²) >= 11 is 0. The fourth-order valence-electron chi connectivity index (χ4n) is 11.8. The zero-order chi connectivity index (χ0) is 24.2. The maximum Gasteiger partial charge on any atom is 0.309 e. The molecule has 0 saturated heterocycles. The van der Waals surface area contributed by atoms with E-state index in [1.54, 1.807) is 0 Å². The monoisotopic (exact) mass is 458 g/mol. The number of hydrogen-bond donors (Lipinski definition) is 2. The minimum Gasteiger partial charge on any atom is -0.481 e. The molecule has 0 amide bonds. The molecule has 0 spiro atoms. The van der Waals surface area contributed by atoms with Crippen LogP contribution in [0.1, 0.15) is 113 Å². The van der Waals surface area contributed by atoms with Gasteiger partial charge in [0.05, 0.1) is 11.5 Å². The van der Waals surface area contributed by atoms with E-state index in [1.807, 2.05) is 0 Å². The summed E-state index contributed by atoms with van der Waals surface area (Å²) in [5, 5.41) is 21.4. The quantitative estimate of drug-likeness (QED) is 0.461. The molecule has 5 saturated carbocycles. The zero-order valence-electron chi connectivity index (χ0n) is 22.4. The van der Waals surface area contributed by atoms with Gasteiger partial charge in [0.25, 0.3) is 0 Å². The summed E-state index contributed by atoms with van der Waals surface area (Å²) in [7, 11) is 0. The van der Waals surface area contributed by atoms with E-state index in [1.165, 1.54) is 25.7 Å². The van der Waals surface area contributed by atoms with Gasteiger partial charge in [0.15, 0.2) is 0 Å². The molecule has 1 unspecified atom stereocenters. The second-order valence-corrected chi connectivity index (χ2v) is 15.0. The minimum absolute atomic E-state index is 0.00863. The number of aliphatic hydroxyl groups is 1. The molecular weight excluding hydrogens is 408 g/mol. The molecule has 0 aromatic heterocycles. The first-order valence-corrected chi connectivity index (χ1v) is 14.2. The Morgan fingerprint density at radius 3 is 2.12 bits per heavy atom. The number of aliphatic hydroxyl groups excluding tert-OH is 1. The van der Waals surface area contributed by atoms with Crippen LogP contribution in [0.5, 0.6) is 0 Å². The van der Waals surface area contributed by atoms with E-state index < -0.39 is 11.4 Å². The Balaban J connectivity index is 1.56. The van der Waals surface area contributed by atoms with Gasteiger partial charge in [0.2, 0.25) is 0 Å². The molecule has 3 nitrogen and oxygen atoms in total. The summed E-state index contributed by atoms with van der Waals surface area (Å²) in [5.74, 6) is 2.79. The van der Waals surface area contributed by atoms with E-state index >= 15 is 0 Å². The van der Waals surface area contributed by atoms with Crippen molar-refractivity contribution in [3.05, 3.63) is 0 Å².